The van der Waals surface area contributed by atoms with Crippen LogP contribution in [0.5, 0.6) is 0 Å². The molecule has 46 heavy (non-hydrogen) atoms. The SMILES string of the molecule is CC[C@H](C)[C@H](NC(=O)[C@@H](N)CS)C(=O)N[C@H](C(=O)N1CCC[C@H]1C(=O)N[C@@H](CC(C)C)C(=O)N[C@@H](CCSC)C(=O)O)[C@@H](C)CC. The molecule has 1 rings (SSSR count). The van der Waals surface area contributed by atoms with Crippen LogP contribution in [0.15, 0.2) is 0 Å². The molecule has 8 atom stereocenters. The maximum absolute atomic E-state index is 14.0. The summed E-state index contributed by atoms with van der Waals surface area (Å²) in [5, 5.41) is 20.5. The summed E-state index contributed by atoms with van der Waals surface area (Å²) in [6, 6.07) is -5.74. The van der Waals surface area contributed by atoms with Gasteiger partial charge < -0.3 is 37.0 Å². The molecule has 7 N–H and O–H groups in total. The van der Waals surface area contributed by atoms with Gasteiger partial charge in [-0.25, -0.2) is 4.79 Å². The van der Waals surface area contributed by atoms with Crippen LogP contribution in [0.4, 0.5) is 0 Å². The van der Waals surface area contributed by atoms with Gasteiger partial charge in [-0.05, 0) is 55.4 Å². The average Bonchev–Trinajstić information content (AvgIpc) is 3.52. The molecule has 15 heteroatoms. The molecule has 5 amide bonds. The van der Waals surface area contributed by atoms with Crippen molar-refractivity contribution in [1.29, 1.82) is 0 Å². The number of carboxylic acid groups (broad SMARTS) is 1. The molecular formula is C31H56N6O7S2. The Morgan fingerprint density at radius 2 is 1.48 bits per heavy atom. The van der Waals surface area contributed by atoms with Crippen LogP contribution < -0.4 is 27.0 Å². The molecular weight excluding hydrogens is 633 g/mol. The molecule has 0 bridgehead atoms. The van der Waals surface area contributed by atoms with Gasteiger partial charge in [0.15, 0.2) is 0 Å². The van der Waals surface area contributed by atoms with Crippen LogP contribution in [0.3, 0.4) is 0 Å². The molecule has 1 fully saturated rings. The number of hydrogen-bond acceptors (Lipinski definition) is 9. The van der Waals surface area contributed by atoms with Gasteiger partial charge in [0, 0.05) is 12.3 Å². The quantitative estimate of drug-likeness (QED) is 0.0917. The number of carbonyl (C=O) groups is 6. The number of hydrogen-bond donors (Lipinski definition) is 7. The fraction of sp³-hybridized carbons (Fsp3) is 0.806. The highest BCUT2D eigenvalue weighted by Crippen LogP contribution is 2.23. The van der Waals surface area contributed by atoms with Crippen LogP contribution in [-0.4, -0.2) is 106 Å². The number of thiol groups is 1. The van der Waals surface area contributed by atoms with E-state index in [4.69, 9.17) is 5.73 Å². The number of carboxylic acids is 1. The third-order valence-electron chi connectivity index (χ3n) is 8.51. The van der Waals surface area contributed by atoms with Gasteiger partial charge in [0.2, 0.25) is 29.5 Å². The summed E-state index contributed by atoms with van der Waals surface area (Å²) in [4.78, 5) is 80.1. The molecule has 0 unspecified atom stereocenters. The number of aliphatic carboxylic acids is 1. The summed E-state index contributed by atoms with van der Waals surface area (Å²) < 4.78 is 0. The van der Waals surface area contributed by atoms with Gasteiger partial charge in [0.25, 0.3) is 0 Å². The van der Waals surface area contributed by atoms with Crippen molar-refractivity contribution in [3.05, 3.63) is 0 Å². The lowest BCUT2D eigenvalue weighted by atomic mass is 9.94. The van der Waals surface area contributed by atoms with Crippen molar-refractivity contribution in [3.63, 3.8) is 0 Å². The second-order valence-corrected chi connectivity index (χ2v) is 13.9. The fourth-order valence-electron chi connectivity index (χ4n) is 5.19. The number of rotatable bonds is 20. The Balaban J connectivity index is 3.20. The molecule has 1 saturated heterocycles. The standard InChI is InChI=1S/C31H56N6O7S2/c1-8-18(5)24(35-26(38)20(32)16-45)29(41)36-25(19(6)9-2)30(42)37-13-10-11-23(37)28(40)34-22(15-17(3)4)27(39)33-21(31(43)44)12-14-46-7/h17-25,45H,8-16,32H2,1-7H3,(H,33,39)(H,34,40)(H,35,38)(H,36,41)(H,43,44)/t18-,19-,20-,21-,22-,23-,24-,25-/m0/s1. The summed E-state index contributed by atoms with van der Waals surface area (Å²) in [5.41, 5.74) is 5.82. The monoisotopic (exact) mass is 688 g/mol. The summed E-state index contributed by atoms with van der Waals surface area (Å²) in [6.45, 7) is 11.5. The van der Waals surface area contributed by atoms with E-state index in [9.17, 15) is 33.9 Å². The first-order valence-electron chi connectivity index (χ1n) is 16.2. The largest absolute Gasteiger partial charge is 0.480 e. The van der Waals surface area contributed by atoms with Crippen LogP contribution in [0, 0.1) is 17.8 Å². The van der Waals surface area contributed by atoms with E-state index in [1.165, 1.54) is 16.7 Å². The molecule has 0 radical (unpaired) electrons. The molecule has 13 nitrogen and oxygen atoms in total. The molecule has 0 aromatic heterocycles. The molecule has 1 heterocycles. The number of nitrogens with two attached hydrogens (primary N) is 1. The molecule has 264 valence electrons. The van der Waals surface area contributed by atoms with E-state index in [2.05, 4.69) is 33.9 Å². The Labute approximate surface area is 283 Å². The Kier molecular flexibility index (Phi) is 18.6. The van der Waals surface area contributed by atoms with E-state index in [0.717, 1.165) is 0 Å². The van der Waals surface area contributed by atoms with Crippen molar-refractivity contribution >= 4 is 59.9 Å². The van der Waals surface area contributed by atoms with Crippen LogP contribution in [-0.2, 0) is 28.8 Å². The van der Waals surface area contributed by atoms with Crippen molar-refractivity contribution in [3.8, 4) is 0 Å². The second-order valence-electron chi connectivity index (χ2n) is 12.6. The maximum atomic E-state index is 14.0. The zero-order valence-corrected chi connectivity index (χ0v) is 30.0. The highest BCUT2D eigenvalue weighted by molar-refractivity contribution is 7.98. The molecule has 0 saturated carbocycles. The minimum Gasteiger partial charge on any atom is -0.480 e. The lowest BCUT2D eigenvalue weighted by Crippen LogP contribution is -2.61. The van der Waals surface area contributed by atoms with Gasteiger partial charge in [0.1, 0.15) is 30.2 Å². The van der Waals surface area contributed by atoms with Gasteiger partial charge in [0.05, 0.1) is 6.04 Å². The van der Waals surface area contributed by atoms with E-state index in [0.29, 0.717) is 38.0 Å². The first-order chi connectivity index (χ1) is 21.6. The van der Waals surface area contributed by atoms with Crippen molar-refractivity contribution in [1.82, 2.24) is 26.2 Å². The zero-order chi connectivity index (χ0) is 35.1. The third kappa shape index (κ3) is 12.6. The summed E-state index contributed by atoms with van der Waals surface area (Å²) >= 11 is 5.53. The summed E-state index contributed by atoms with van der Waals surface area (Å²) in [6.07, 6.45) is 4.42. The Bertz CT molecular complexity index is 1050. The Hall–Kier alpha value is -2.52. The number of thioether (sulfide) groups is 1. The molecule has 1 aliphatic heterocycles. The highest BCUT2D eigenvalue weighted by atomic mass is 32.2. The highest BCUT2D eigenvalue weighted by Gasteiger charge is 2.41. The maximum Gasteiger partial charge on any atom is 0.326 e. The predicted molar refractivity (Wildman–Crippen MR) is 183 cm³/mol. The minimum atomic E-state index is -1.15. The smallest absolute Gasteiger partial charge is 0.326 e. The Morgan fingerprint density at radius 1 is 0.891 bits per heavy atom. The van der Waals surface area contributed by atoms with Crippen LogP contribution in [0.25, 0.3) is 0 Å². The van der Waals surface area contributed by atoms with Crippen molar-refractivity contribution in [2.45, 2.75) is 116 Å². The normalized spacial score (nSPS) is 19.3. The Morgan fingerprint density at radius 3 is 2.00 bits per heavy atom. The number of nitrogens with one attached hydrogen (secondary N) is 4. The van der Waals surface area contributed by atoms with Gasteiger partial charge in [-0.15, -0.1) is 0 Å². The topological polar surface area (TPSA) is 200 Å². The number of likely N-dealkylation sites (tertiary alicyclic amines) is 1. The van der Waals surface area contributed by atoms with Crippen molar-refractivity contribution in [2.75, 3.05) is 24.3 Å². The number of carbonyl (C=O) groups excluding carboxylic acids is 5. The van der Waals surface area contributed by atoms with E-state index in [-0.39, 0.29) is 36.3 Å². The first-order valence-corrected chi connectivity index (χ1v) is 18.3. The molecule has 0 spiro atoms. The van der Waals surface area contributed by atoms with E-state index in [1.807, 2.05) is 47.8 Å². The lowest BCUT2D eigenvalue weighted by molar-refractivity contribution is -0.144. The number of amides is 5. The van der Waals surface area contributed by atoms with Crippen LogP contribution in [0.1, 0.15) is 80.1 Å². The van der Waals surface area contributed by atoms with E-state index < -0.39 is 71.8 Å². The third-order valence-corrected chi connectivity index (χ3v) is 9.54. The van der Waals surface area contributed by atoms with Gasteiger partial charge >= 0.3 is 5.97 Å². The number of nitrogens with zero attached hydrogens (tertiary/aromatic N) is 1. The first kappa shape index (κ1) is 41.5. The van der Waals surface area contributed by atoms with Gasteiger partial charge in [-0.1, -0.05) is 54.4 Å². The summed E-state index contributed by atoms with van der Waals surface area (Å²) in [5.74, 6) is -3.59. The van der Waals surface area contributed by atoms with E-state index in [1.54, 1.807) is 0 Å². The lowest BCUT2D eigenvalue weighted by Gasteiger charge is -2.33. The van der Waals surface area contributed by atoms with E-state index >= 15 is 0 Å². The average molecular weight is 689 g/mol. The van der Waals surface area contributed by atoms with Crippen molar-refractivity contribution < 1.29 is 33.9 Å². The van der Waals surface area contributed by atoms with Gasteiger partial charge in [-0.3, -0.25) is 24.0 Å². The zero-order valence-electron chi connectivity index (χ0n) is 28.3. The fourth-order valence-corrected chi connectivity index (χ4v) is 5.83. The minimum absolute atomic E-state index is 0.0121. The molecule has 0 aromatic rings. The molecule has 0 aliphatic carbocycles. The molecule has 0 aromatic carbocycles. The van der Waals surface area contributed by atoms with Crippen LogP contribution >= 0.6 is 24.4 Å². The summed E-state index contributed by atoms with van der Waals surface area (Å²) in [7, 11) is 0. The van der Waals surface area contributed by atoms with Crippen molar-refractivity contribution in [2.24, 2.45) is 23.5 Å². The second kappa shape index (κ2) is 20.7. The predicted octanol–water partition coefficient (Wildman–Crippen LogP) is 1.15. The molecule has 1 aliphatic rings. The van der Waals surface area contributed by atoms with Gasteiger partial charge in [-0.2, -0.15) is 24.4 Å². The van der Waals surface area contributed by atoms with Crippen LogP contribution in [0.2, 0.25) is 0 Å².